The lowest BCUT2D eigenvalue weighted by Crippen LogP contribution is -1.90. The molecule has 2 aromatic heterocycles. The maximum absolute atomic E-state index is 6.82. The molecule has 0 saturated carbocycles. The van der Waals surface area contributed by atoms with Crippen LogP contribution in [0.2, 0.25) is 0 Å². The minimum absolute atomic E-state index is 0.883. The van der Waals surface area contributed by atoms with E-state index in [-0.39, 0.29) is 0 Å². The van der Waals surface area contributed by atoms with Crippen molar-refractivity contribution in [2.45, 2.75) is 0 Å². The highest BCUT2D eigenvalue weighted by Gasteiger charge is 2.21. The van der Waals surface area contributed by atoms with Crippen LogP contribution in [0.15, 0.2) is 215 Å². The third-order valence-corrected chi connectivity index (χ3v) is 12.6. The van der Waals surface area contributed by atoms with Crippen LogP contribution in [0.25, 0.3) is 131 Å². The van der Waals surface area contributed by atoms with Crippen molar-refractivity contribution in [1.29, 1.82) is 0 Å². The molecule has 0 radical (unpaired) electrons. The first-order valence-corrected chi connectivity index (χ1v) is 20.6. The zero-order valence-corrected chi connectivity index (χ0v) is 32.4. The van der Waals surface area contributed by atoms with Crippen molar-refractivity contribution in [3.8, 4) is 44.5 Å². The first-order chi connectivity index (χ1) is 29.8. The van der Waals surface area contributed by atoms with E-state index in [9.17, 15) is 0 Å². The monoisotopic (exact) mass is 762 g/mol. The molecule has 0 aliphatic rings. The smallest absolute Gasteiger partial charge is 0.136 e. The van der Waals surface area contributed by atoms with Crippen LogP contribution in [0.4, 0.5) is 0 Å². The second-order valence-electron chi connectivity index (χ2n) is 15.9. The fourth-order valence-corrected chi connectivity index (χ4v) is 10.1. The van der Waals surface area contributed by atoms with Gasteiger partial charge in [0.2, 0.25) is 0 Å². The highest BCUT2D eigenvalue weighted by Crippen LogP contribution is 2.47. The van der Waals surface area contributed by atoms with E-state index in [1.54, 1.807) is 0 Å². The van der Waals surface area contributed by atoms with Gasteiger partial charge in [0.25, 0.3) is 0 Å². The van der Waals surface area contributed by atoms with Gasteiger partial charge < -0.3 is 8.83 Å². The Morgan fingerprint density at radius 3 is 0.933 bits per heavy atom. The summed E-state index contributed by atoms with van der Waals surface area (Å²) in [6, 6.07) is 74.2. The predicted molar refractivity (Wildman–Crippen MR) is 253 cm³/mol. The molecule has 0 N–H and O–H groups in total. The number of hydrogen-bond donors (Lipinski definition) is 0. The minimum atomic E-state index is 0.883. The number of rotatable bonds is 4. The molecule has 13 aromatic rings. The number of hydrogen-bond acceptors (Lipinski definition) is 2. The standard InChI is InChI=1S/C58H34O2/c1-3-15-35(16-4-1)49-33-53-57(41-21-9-7-19-39(41)49)47-29-27-37(31-51(47)59-53)55-43-23-11-13-25-45(43)56(46-26-14-12-24-44(46)55)38-28-30-48-52(32-38)60-54-34-50(36-17-5-2-6-18-36)40-20-8-10-22-42(40)58(48)54/h1-34H. The normalized spacial score (nSPS) is 12.0. The van der Waals surface area contributed by atoms with E-state index in [1.165, 1.54) is 76.5 Å². The molecule has 0 aliphatic heterocycles. The topological polar surface area (TPSA) is 26.3 Å². The van der Waals surface area contributed by atoms with Crippen LogP contribution in [-0.4, -0.2) is 0 Å². The van der Waals surface area contributed by atoms with Gasteiger partial charge in [0.05, 0.1) is 0 Å². The third-order valence-electron chi connectivity index (χ3n) is 12.6. The van der Waals surface area contributed by atoms with Crippen LogP contribution in [0.5, 0.6) is 0 Å². The molecule has 0 aliphatic carbocycles. The number of furan rings is 2. The maximum Gasteiger partial charge on any atom is 0.136 e. The van der Waals surface area contributed by atoms with Crippen LogP contribution in [-0.2, 0) is 0 Å². The van der Waals surface area contributed by atoms with E-state index in [2.05, 4.69) is 206 Å². The maximum atomic E-state index is 6.82. The van der Waals surface area contributed by atoms with E-state index in [1.807, 2.05) is 0 Å². The summed E-state index contributed by atoms with van der Waals surface area (Å²) in [4.78, 5) is 0. The van der Waals surface area contributed by atoms with E-state index >= 15 is 0 Å². The molecule has 0 atom stereocenters. The Bertz CT molecular complexity index is 3560. The second kappa shape index (κ2) is 12.8. The molecule has 0 amide bonds. The molecule has 60 heavy (non-hydrogen) atoms. The summed E-state index contributed by atoms with van der Waals surface area (Å²) < 4.78 is 13.6. The molecule has 0 unspecified atom stereocenters. The Kier molecular flexibility index (Phi) is 7.05. The van der Waals surface area contributed by atoms with E-state index in [4.69, 9.17) is 8.83 Å². The predicted octanol–water partition coefficient (Wildman–Crippen LogP) is 16.8. The summed E-state index contributed by atoms with van der Waals surface area (Å²) in [6.45, 7) is 0. The molecule has 13 rings (SSSR count). The molecule has 2 heterocycles. The van der Waals surface area contributed by atoms with Crippen molar-refractivity contribution >= 4 is 87.0 Å². The van der Waals surface area contributed by atoms with Crippen LogP contribution in [0.1, 0.15) is 0 Å². The zero-order valence-electron chi connectivity index (χ0n) is 32.4. The van der Waals surface area contributed by atoms with Gasteiger partial charge in [-0.25, -0.2) is 0 Å². The van der Waals surface area contributed by atoms with E-state index in [0.717, 1.165) is 55.0 Å². The van der Waals surface area contributed by atoms with Crippen molar-refractivity contribution in [1.82, 2.24) is 0 Å². The average Bonchev–Trinajstić information content (AvgIpc) is 3.88. The highest BCUT2D eigenvalue weighted by molar-refractivity contribution is 6.26. The fourth-order valence-electron chi connectivity index (χ4n) is 10.1. The van der Waals surface area contributed by atoms with E-state index < -0.39 is 0 Å². The van der Waals surface area contributed by atoms with E-state index in [0.29, 0.717) is 0 Å². The lowest BCUT2D eigenvalue weighted by molar-refractivity contribution is 0.669. The third kappa shape index (κ3) is 4.82. The van der Waals surface area contributed by atoms with Crippen molar-refractivity contribution < 1.29 is 8.83 Å². The van der Waals surface area contributed by atoms with Crippen molar-refractivity contribution in [3.63, 3.8) is 0 Å². The van der Waals surface area contributed by atoms with Crippen LogP contribution < -0.4 is 0 Å². The van der Waals surface area contributed by atoms with Crippen LogP contribution in [0, 0.1) is 0 Å². The summed E-state index contributed by atoms with van der Waals surface area (Å²) >= 11 is 0. The van der Waals surface area contributed by atoms with Gasteiger partial charge in [0, 0.05) is 21.5 Å². The number of fused-ring (bicyclic) bond motifs is 12. The van der Waals surface area contributed by atoms with Gasteiger partial charge in [-0.1, -0.05) is 170 Å². The molecule has 11 aromatic carbocycles. The van der Waals surface area contributed by atoms with Crippen LogP contribution >= 0.6 is 0 Å². The molecular weight excluding hydrogens is 729 g/mol. The molecule has 2 nitrogen and oxygen atoms in total. The first kappa shape index (κ1) is 33.1. The summed E-state index contributed by atoms with van der Waals surface area (Å²) in [7, 11) is 0. The van der Waals surface area contributed by atoms with Gasteiger partial charge in [-0.15, -0.1) is 0 Å². The minimum Gasteiger partial charge on any atom is -0.456 e. The lowest BCUT2D eigenvalue weighted by atomic mass is 9.85. The van der Waals surface area contributed by atoms with Crippen molar-refractivity contribution in [2.75, 3.05) is 0 Å². The zero-order chi connectivity index (χ0) is 39.3. The van der Waals surface area contributed by atoms with Gasteiger partial charge in [-0.3, -0.25) is 0 Å². The van der Waals surface area contributed by atoms with Crippen molar-refractivity contribution in [2.24, 2.45) is 0 Å². The highest BCUT2D eigenvalue weighted by atomic mass is 16.3. The Morgan fingerprint density at radius 1 is 0.217 bits per heavy atom. The molecule has 0 fully saturated rings. The molecule has 278 valence electrons. The summed E-state index contributed by atoms with van der Waals surface area (Å²) in [5, 5.41) is 14.2. The molecule has 2 heteroatoms. The first-order valence-electron chi connectivity index (χ1n) is 20.6. The molecular formula is C58H34O2. The van der Waals surface area contributed by atoms with Crippen molar-refractivity contribution in [3.05, 3.63) is 206 Å². The van der Waals surface area contributed by atoms with Gasteiger partial charge in [-0.05, 0) is 124 Å². The Labute approximate surface area is 345 Å². The van der Waals surface area contributed by atoms with Gasteiger partial charge in [0.1, 0.15) is 22.3 Å². The molecule has 0 saturated heterocycles. The fraction of sp³-hybridized carbons (Fsp3) is 0. The average molecular weight is 763 g/mol. The lowest BCUT2D eigenvalue weighted by Gasteiger charge is -2.17. The molecule has 0 bridgehead atoms. The van der Waals surface area contributed by atoms with Gasteiger partial charge >= 0.3 is 0 Å². The quantitative estimate of drug-likeness (QED) is 0.167. The second-order valence-corrected chi connectivity index (χ2v) is 15.9. The molecule has 0 spiro atoms. The Hall–Kier alpha value is -7.94. The van der Waals surface area contributed by atoms with Crippen LogP contribution in [0.3, 0.4) is 0 Å². The van der Waals surface area contributed by atoms with Gasteiger partial charge in [-0.2, -0.15) is 0 Å². The number of benzene rings is 11. The van der Waals surface area contributed by atoms with Gasteiger partial charge in [0.15, 0.2) is 0 Å². The Balaban J connectivity index is 1.02. The summed E-state index contributed by atoms with van der Waals surface area (Å²) in [6.07, 6.45) is 0. The summed E-state index contributed by atoms with van der Waals surface area (Å²) in [5.41, 5.74) is 12.9. The largest absolute Gasteiger partial charge is 0.456 e. The Morgan fingerprint density at radius 2 is 0.550 bits per heavy atom. The summed E-state index contributed by atoms with van der Waals surface area (Å²) in [5.74, 6) is 0. The SMILES string of the molecule is c1ccc(-c2cc3oc4cc(-c5c6ccccc6c(-c6ccc7c(c6)oc6cc(-c8ccccc8)c8ccccc8c67)c6ccccc56)ccc4c3c3ccccc23)cc1.